The van der Waals surface area contributed by atoms with Crippen LogP contribution in [0.3, 0.4) is 0 Å². The van der Waals surface area contributed by atoms with Crippen LogP contribution in [0.25, 0.3) is 10.4 Å². The largest absolute Gasteiger partial charge is 0.391 e. The lowest BCUT2D eigenvalue weighted by Gasteiger charge is -2.35. The van der Waals surface area contributed by atoms with Gasteiger partial charge >= 0.3 is 0 Å². The summed E-state index contributed by atoms with van der Waals surface area (Å²) in [6.07, 6.45) is 1.05. The number of aliphatic hydroxyl groups is 1. The minimum absolute atomic E-state index is 0.0438. The number of aryl methyl sites for hydroxylation is 1. The quantitative estimate of drug-likeness (QED) is 0.575. The van der Waals surface area contributed by atoms with Gasteiger partial charge in [0.05, 0.1) is 34.5 Å². The third-order valence-electron chi connectivity index (χ3n) is 8.02. The molecule has 3 aliphatic heterocycles. The first kappa shape index (κ1) is 26.9. The van der Waals surface area contributed by atoms with Crippen LogP contribution < -0.4 is 5.32 Å². The van der Waals surface area contributed by atoms with Gasteiger partial charge in [-0.25, -0.2) is 18.4 Å². The molecular formula is C26H33N5O5S2. The highest BCUT2D eigenvalue weighted by Gasteiger charge is 2.53. The minimum atomic E-state index is -3.61. The zero-order valence-corrected chi connectivity index (χ0v) is 23.8. The van der Waals surface area contributed by atoms with Gasteiger partial charge in [0.25, 0.3) is 5.91 Å². The summed E-state index contributed by atoms with van der Waals surface area (Å²) in [4.78, 5) is 38.7. The van der Waals surface area contributed by atoms with Gasteiger partial charge in [0.1, 0.15) is 11.9 Å². The summed E-state index contributed by atoms with van der Waals surface area (Å²) in [5, 5.41) is 13.4. The second-order valence-electron chi connectivity index (χ2n) is 11.3. The van der Waals surface area contributed by atoms with Crippen LogP contribution in [-0.4, -0.2) is 82.9 Å². The highest BCUT2D eigenvalue weighted by molar-refractivity contribution is 7.88. The second-order valence-corrected chi connectivity index (χ2v) is 14.1. The number of nitrogens with one attached hydrogen (secondary N) is 1. The number of aliphatic hydroxyl groups excluding tert-OH is 1. The highest BCUT2D eigenvalue weighted by Crippen LogP contribution is 2.40. The summed E-state index contributed by atoms with van der Waals surface area (Å²) in [6, 6.07) is 6.07. The van der Waals surface area contributed by atoms with E-state index < -0.39 is 39.2 Å². The van der Waals surface area contributed by atoms with E-state index in [4.69, 9.17) is 4.99 Å². The number of thiazole rings is 1. The highest BCUT2D eigenvalue weighted by atomic mass is 32.2. The zero-order valence-electron chi connectivity index (χ0n) is 22.1. The molecule has 0 radical (unpaired) electrons. The number of hydrogen-bond acceptors (Lipinski definition) is 8. The number of likely N-dealkylation sites (tertiary alicyclic amines) is 1. The van der Waals surface area contributed by atoms with Gasteiger partial charge in [0.15, 0.2) is 5.54 Å². The van der Waals surface area contributed by atoms with Gasteiger partial charge in [0.2, 0.25) is 15.9 Å². The van der Waals surface area contributed by atoms with E-state index in [2.05, 4.69) is 10.3 Å². The first-order chi connectivity index (χ1) is 17.7. The fraction of sp³-hybridized carbons (Fsp3) is 0.538. The number of carbonyl (C=O) groups is 2. The molecule has 10 nitrogen and oxygen atoms in total. The third-order valence-corrected chi connectivity index (χ3v) is 10.2. The van der Waals surface area contributed by atoms with E-state index in [1.165, 1.54) is 9.21 Å². The Hall–Kier alpha value is -2.67. The number of aliphatic imine (C=N–C) groups is 1. The number of nitrogens with zero attached hydrogens (tertiary/aromatic N) is 4. The monoisotopic (exact) mass is 559 g/mol. The van der Waals surface area contributed by atoms with E-state index in [1.807, 2.05) is 45.0 Å². The summed E-state index contributed by atoms with van der Waals surface area (Å²) in [6.45, 7) is 7.74. The summed E-state index contributed by atoms with van der Waals surface area (Å²) in [5.74, 6) is -0.386. The number of carbonyl (C=O) groups excluding carboxylic acids is 2. The van der Waals surface area contributed by atoms with Gasteiger partial charge in [0, 0.05) is 19.5 Å². The number of β-amino-alcohol motifs (C(OH)–C–C–N with tert-alkyl or cyclic N) is 1. The smallest absolute Gasteiger partial charge is 0.257 e. The van der Waals surface area contributed by atoms with Crippen molar-refractivity contribution in [1.29, 1.82) is 0 Å². The lowest BCUT2D eigenvalue weighted by molar-refractivity contribution is -0.137. The Kier molecular flexibility index (Phi) is 6.53. The normalized spacial score (nSPS) is 29.5. The van der Waals surface area contributed by atoms with Crippen LogP contribution in [0.4, 0.5) is 0 Å². The van der Waals surface area contributed by atoms with Crippen LogP contribution in [0, 0.1) is 12.3 Å². The fourth-order valence-corrected chi connectivity index (χ4v) is 7.77. The van der Waals surface area contributed by atoms with E-state index in [0.29, 0.717) is 17.8 Å². The lowest BCUT2D eigenvalue weighted by atomic mass is 9.84. The number of aromatic nitrogens is 1. The third kappa shape index (κ3) is 4.47. The molecule has 4 heterocycles. The van der Waals surface area contributed by atoms with Crippen molar-refractivity contribution in [2.24, 2.45) is 10.4 Å². The Balaban J connectivity index is 1.45. The standard InChI is InChI=1S/C26H33N5O5S2/c1-15-20(37-14-27-15)16-6-8-17(9-7-16)26(4)24(34)28-22(29-26)19-12-18(32)13-30(19)23(33)21-25(2,3)10-11-31(21)38(5,35)36/h6-9,14,18-19,21,32H,10-13H2,1-5H3,(H,28,29,34). The van der Waals surface area contributed by atoms with Crippen molar-refractivity contribution in [3.05, 3.63) is 41.0 Å². The van der Waals surface area contributed by atoms with E-state index in [1.54, 1.807) is 23.8 Å². The molecule has 1 aromatic heterocycles. The molecule has 2 fully saturated rings. The number of amidine groups is 1. The lowest BCUT2D eigenvalue weighted by Crippen LogP contribution is -2.55. The van der Waals surface area contributed by atoms with Crippen LogP contribution in [0.1, 0.15) is 44.9 Å². The summed E-state index contributed by atoms with van der Waals surface area (Å²) in [7, 11) is -3.61. The number of benzene rings is 1. The maximum absolute atomic E-state index is 13.9. The molecule has 0 saturated carbocycles. The fourth-order valence-electron chi connectivity index (χ4n) is 5.78. The van der Waals surface area contributed by atoms with Crippen molar-refractivity contribution < 1.29 is 23.1 Å². The van der Waals surface area contributed by atoms with Gasteiger partial charge in [-0.3, -0.25) is 9.59 Å². The van der Waals surface area contributed by atoms with E-state index >= 15 is 0 Å². The topological polar surface area (TPSA) is 132 Å². The Morgan fingerprint density at radius 1 is 1.21 bits per heavy atom. The zero-order chi connectivity index (χ0) is 27.6. The average Bonchev–Trinajstić information content (AvgIpc) is 3.59. The average molecular weight is 560 g/mol. The van der Waals surface area contributed by atoms with Gasteiger partial charge in [-0.15, -0.1) is 11.3 Å². The molecule has 4 atom stereocenters. The molecule has 204 valence electrons. The number of sulfonamides is 1. The minimum Gasteiger partial charge on any atom is -0.391 e. The summed E-state index contributed by atoms with van der Waals surface area (Å²) in [5.41, 5.74) is 2.66. The first-order valence-corrected chi connectivity index (χ1v) is 15.3. The van der Waals surface area contributed by atoms with E-state index in [-0.39, 0.29) is 31.3 Å². The van der Waals surface area contributed by atoms with Gasteiger partial charge < -0.3 is 15.3 Å². The predicted octanol–water partition coefficient (Wildman–Crippen LogP) is 1.88. The molecule has 5 rings (SSSR count). The molecule has 0 bridgehead atoms. The van der Waals surface area contributed by atoms with Crippen molar-refractivity contribution in [2.45, 2.75) is 64.3 Å². The maximum Gasteiger partial charge on any atom is 0.257 e. The van der Waals surface area contributed by atoms with E-state index in [0.717, 1.165) is 22.4 Å². The Morgan fingerprint density at radius 2 is 1.89 bits per heavy atom. The predicted molar refractivity (Wildman–Crippen MR) is 145 cm³/mol. The van der Waals surface area contributed by atoms with Crippen LogP contribution in [0.2, 0.25) is 0 Å². The van der Waals surface area contributed by atoms with Crippen LogP contribution in [-0.2, 0) is 25.2 Å². The second kappa shape index (κ2) is 9.22. The molecule has 2 saturated heterocycles. The van der Waals surface area contributed by atoms with E-state index in [9.17, 15) is 23.1 Å². The van der Waals surface area contributed by atoms with Crippen molar-refractivity contribution in [1.82, 2.24) is 19.5 Å². The Bertz CT molecular complexity index is 1420. The van der Waals surface area contributed by atoms with Crippen LogP contribution in [0.15, 0.2) is 34.8 Å². The Labute approximate surface area is 226 Å². The molecular weight excluding hydrogens is 526 g/mol. The Morgan fingerprint density at radius 3 is 2.50 bits per heavy atom. The SMILES string of the molecule is Cc1ncsc1-c1ccc(C2(C)N=C(C3CC(O)CN3C(=O)C3N(S(C)(=O)=O)CCC3(C)C)NC2=O)cc1. The van der Waals surface area contributed by atoms with Crippen molar-refractivity contribution in [3.8, 4) is 10.4 Å². The number of rotatable bonds is 5. The molecule has 2 N–H and O–H groups in total. The maximum atomic E-state index is 13.9. The molecule has 2 aromatic rings. The number of amides is 2. The van der Waals surface area contributed by atoms with Crippen LogP contribution in [0.5, 0.6) is 0 Å². The van der Waals surface area contributed by atoms with Crippen molar-refractivity contribution >= 4 is 39.0 Å². The van der Waals surface area contributed by atoms with Crippen molar-refractivity contribution in [2.75, 3.05) is 19.3 Å². The van der Waals surface area contributed by atoms with Gasteiger partial charge in [-0.2, -0.15) is 4.31 Å². The van der Waals surface area contributed by atoms with Gasteiger partial charge in [-0.05, 0) is 36.8 Å². The molecule has 1 aromatic carbocycles. The molecule has 2 amide bonds. The van der Waals surface area contributed by atoms with Gasteiger partial charge in [-0.1, -0.05) is 38.1 Å². The molecule has 4 unspecified atom stereocenters. The summed E-state index contributed by atoms with van der Waals surface area (Å²) < 4.78 is 26.2. The van der Waals surface area contributed by atoms with Crippen molar-refractivity contribution in [3.63, 3.8) is 0 Å². The molecule has 0 aliphatic carbocycles. The molecule has 0 spiro atoms. The summed E-state index contributed by atoms with van der Waals surface area (Å²) >= 11 is 1.55. The molecule has 3 aliphatic rings. The van der Waals surface area contributed by atoms with Crippen LogP contribution >= 0.6 is 11.3 Å². The first-order valence-electron chi connectivity index (χ1n) is 12.6. The molecule has 38 heavy (non-hydrogen) atoms. The number of hydrogen-bond donors (Lipinski definition) is 2. The molecule has 12 heteroatoms.